The van der Waals surface area contributed by atoms with Crippen LogP contribution in [0.25, 0.3) is 0 Å². The predicted molar refractivity (Wildman–Crippen MR) is 52.1 cm³/mol. The van der Waals surface area contributed by atoms with Crippen LogP contribution >= 0.6 is 0 Å². The Hall–Kier alpha value is -0.313. The topological polar surface area (TPSA) is 37.3 Å². The van der Waals surface area contributed by atoms with Crippen LogP contribution in [0.15, 0.2) is 0 Å². The molecule has 0 spiro atoms. The van der Waals surface area contributed by atoms with Gasteiger partial charge in [0.2, 0.25) is 0 Å². The van der Waals surface area contributed by atoms with Gasteiger partial charge in [-0.3, -0.25) is 4.79 Å². The highest BCUT2D eigenvalue weighted by Crippen LogP contribution is 2.30. The second kappa shape index (κ2) is 3.60. The van der Waals surface area contributed by atoms with Gasteiger partial charge in [0.15, 0.2) is 0 Å². The zero-order valence-corrected chi connectivity index (χ0v) is 8.97. The first kappa shape index (κ1) is 9.77. The summed E-state index contributed by atoms with van der Waals surface area (Å²) in [6.07, 6.45) is 2.97. The first-order valence-corrected chi connectivity index (χ1v) is 8.15. The van der Waals surface area contributed by atoms with Gasteiger partial charge in [0, 0.05) is 8.07 Å². The molecule has 1 saturated heterocycles. The summed E-state index contributed by atoms with van der Waals surface area (Å²) in [6.45, 7) is 4.74. The number of hydrogen-bond donors (Lipinski definition) is 1. The summed E-state index contributed by atoms with van der Waals surface area (Å²) in [7, 11) is -0.992. The predicted octanol–water partition coefficient (Wildman–Crippen LogP) is 2.58. The molecule has 0 aromatic carbocycles. The molecule has 1 atom stereocenters. The van der Waals surface area contributed by atoms with Crippen LogP contribution < -0.4 is 0 Å². The van der Waals surface area contributed by atoms with E-state index in [2.05, 4.69) is 13.1 Å². The Morgan fingerprint density at radius 3 is 2.58 bits per heavy atom. The Labute approximate surface area is 75.0 Å². The Bertz CT molecular complexity index is 177. The van der Waals surface area contributed by atoms with Gasteiger partial charge in [0.05, 0.1) is 5.92 Å². The lowest BCUT2D eigenvalue weighted by molar-refractivity contribution is -0.142. The van der Waals surface area contributed by atoms with Gasteiger partial charge in [-0.2, -0.15) is 0 Å². The average molecular weight is 186 g/mol. The fraction of sp³-hybridized carbons (Fsp3) is 0.889. The van der Waals surface area contributed by atoms with Gasteiger partial charge in [0.25, 0.3) is 0 Å². The summed E-state index contributed by atoms with van der Waals surface area (Å²) in [5.41, 5.74) is 0. The second-order valence-corrected chi connectivity index (χ2v) is 9.96. The molecule has 2 nitrogen and oxygen atoms in total. The number of carboxylic acids is 1. The molecule has 3 heteroatoms. The van der Waals surface area contributed by atoms with E-state index in [0.29, 0.717) is 0 Å². The fourth-order valence-corrected chi connectivity index (χ4v) is 4.45. The minimum absolute atomic E-state index is 0.0423. The Morgan fingerprint density at radius 1 is 1.33 bits per heavy atom. The van der Waals surface area contributed by atoms with Crippen LogP contribution in [0.3, 0.4) is 0 Å². The molecule has 12 heavy (non-hydrogen) atoms. The molecule has 1 aliphatic heterocycles. The zero-order chi connectivity index (χ0) is 9.19. The minimum atomic E-state index is -0.992. The van der Waals surface area contributed by atoms with E-state index >= 15 is 0 Å². The van der Waals surface area contributed by atoms with E-state index < -0.39 is 14.0 Å². The number of carbonyl (C=O) groups is 1. The van der Waals surface area contributed by atoms with E-state index in [9.17, 15) is 4.79 Å². The molecule has 0 unspecified atom stereocenters. The Kier molecular flexibility index (Phi) is 2.93. The third-order valence-corrected chi connectivity index (χ3v) is 6.27. The molecule has 1 rings (SSSR count). The largest absolute Gasteiger partial charge is 0.481 e. The maximum Gasteiger partial charge on any atom is 0.306 e. The summed E-state index contributed by atoms with van der Waals surface area (Å²) in [4.78, 5) is 10.7. The van der Waals surface area contributed by atoms with Crippen LogP contribution in [-0.4, -0.2) is 19.1 Å². The van der Waals surface area contributed by atoms with Crippen LogP contribution in [0, 0.1) is 5.92 Å². The quantitative estimate of drug-likeness (QED) is 0.639. The second-order valence-electron chi connectivity index (χ2n) is 4.63. The molecule has 1 N–H and O–H groups in total. The van der Waals surface area contributed by atoms with E-state index in [0.717, 1.165) is 19.3 Å². The van der Waals surface area contributed by atoms with Crippen molar-refractivity contribution < 1.29 is 9.90 Å². The lowest BCUT2D eigenvalue weighted by Gasteiger charge is -2.18. The van der Waals surface area contributed by atoms with Crippen molar-refractivity contribution in [1.82, 2.24) is 0 Å². The summed E-state index contributed by atoms with van der Waals surface area (Å²) in [5.74, 6) is -0.624. The number of rotatable bonds is 1. The van der Waals surface area contributed by atoms with E-state index in [1.807, 2.05) is 0 Å². The van der Waals surface area contributed by atoms with E-state index in [-0.39, 0.29) is 5.92 Å². The van der Waals surface area contributed by atoms with Crippen molar-refractivity contribution in [2.24, 2.45) is 5.92 Å². The molecule has 0 amide bonds. The summed E-state index contributed by atoms with van der Waals surface area (Å²) in [6, 6.07) is 2.51. The lowest BCUT2D eigenvalue weighted by atomic mass is 10.0. The molecule has 1 aliphatic rings. The van der Waals surface area contributed by atoms with E-state index in [4.69, 9.17) is 5.11 Å². The summed E-state index contributed by atoms with van der Waals surface area (Å²) < 4.78 is 0. The maximum absolute atomic E-state index is 10.7. The first-order chi connectivity index (χ1) is 5.51. The van der Waals surface area contributed by atoms with E-state index in [1.165, 1.54) is 12.1 Å². The van der Waals surface area contributed by atoms with Gasteiger partial charge >= 0.3 is 5.97 Å². The molecular weight excluding hydrogens is 168 g/mol. The zero-order valence-electron chi connectivity index (χ0n) is 7.97. The van der Waals surface area contributed by atoms with Gasteiger partial charge in [-0.25, -0.2) is 0 Å². The van der Waals surface area contributed by atoms with Gasteiger partial charge in [-0.15, -0.1) is 0 Å². The van der Waals surface area contributed by atoms with Gasteiger partial charge in [-0.1, -0.05) is 31.6 Å². The van der Waals surface area contributed by atoms with Crippen LogP contribution in [0.5, 0.6) is 0 Å². The molecule has 0 bridgehead atoms. The number of carboxylic acid groups (broad SMARTS) is 1. The van der Waals surface area contributed by atoms with Gasteiger partial charge < -0.3 is 5.11 Å². The van der Waals surface area contributed by atoms with Crippen molar-refractivity contribution in [2.75, 3.05) is 0 Å². The van der Waals surface area contributed by atoms with Crippen molar-refractivity contribution >= 4 is 14.0 Å². The molecule has 0 saturated carbocycles. The number of hydrogen-bond acceptors (Lipinski definition) is 1. The molecule has 70 valence electrons. The third kappa shape index (κ3) is 2.63. The monoisotopic (exact) mass is 186 g/mol. The standard InChI is InChI=1S/C9H18O2Si/c1-12(2)6-3-4-8(5-7-12)9(10)11/h8H,3-7H2,1-2H3,(H,10,11)/t8-/m1/s1. The minimum Gasteiger partial charge on any atom is -0.481 e. The molecule has 0 aromatic rings. The molecular formula is C9H18O2Si. The van der Waals surface area contributed by atoms with Crippen molar-refractivity contribution in [1.29, 1.82) is 0 Å². The highest BCUT2D eigenvalue weighted by molar-refractivity contribution is 6.77. The molecule has 0 radical (unpaired) electrons. The highest BCUT2D eigenvalue weighted by atomic mass is 28.3. The average Bonchev–Trinajstić information content (AvgIpc) is 2.10. The fourth-order valence-electron chi connectivity index (χ4n) is 1.91. The smallest absolute Gasteiger partial charge is 0.306 e. The van der Waals surface area contributed by atoms with E-state index in [1.54, 1.807) is 0 Å². The van der Waals surface area contributed by atoms with Crippen LogP contribution in [0.2, 0.25) is 25.2 Å². The van der Waals surface area contributed by atoms with Crippen molar-refractivity contribution in [3.63, 3.8) is 0 Å². The first-order valence-electron chi connectivity index (χ1n) is 4.74. The van der Waals surface area contributed by atoms with Gasteiger partial charge in [-0.05, 0) is 12.8 Å². The Morgan fingerprint density at radius 2 is 2.00 bits per heavy atom. The lowest BCUT2D eigenvalue weighted by Crippen LogP contribution is -2.23. The molecule has 1 fully saturated rings. The van der Waals surface area contributed by atoms with Crippen molar-refractivity contribution in [3.8, 4) is 0 Å². The van der Waals surface area contributed by atoms with Crippen LogP contribution in [-0.2, 0) is 4.79 Å². The molecule has 0 aliphatic carbocycles. The Balaban J connectivity index is 2.50. The number of aliphatic carboxylic acids is 1. The van der Waals surface area contributed by atoms with Crippen LogP contribution in [0.1, 0.15) is 19.3 Å². The van der Waals surface area contributed by atoms with Crippen molar-refractivity contribution in [3.05, 3.63) is 0 Å². The summed E-state index contributed by atoms with van der Waals surface area (Å²) >= 11 is 0. The van der Waals surface area contributed by atoms with Crippen LogP contribution in [0.4, 0.5) is 0 Å². The molecule has 1 heterocycles. The summed E-state index contributed by atoms with van der Waals surface area (Å²) in [5, 5.41) is 8.85. The SMILES string of the molecule is C[Si]1(C)CCC[C@@H](C(=O)O)CC1. The third-order valence-electron chi connectivity index (χ3n) is 2.92. The molecule has 0 aromatic heterocycles. The maximum atomic E-state index is 10.7. The van der Waals surface area contributed by atoms with Gasteiger partial charge in [0.1, 0.15) is 0 Å². The van der Waals surface area contributed by atoms with Crippen molar-refractivity contribution in [2.45, 2.75) is 44.4 Å². The highest BCUT2D eigenvalue weighted by Gasteiger charge is 2.28. The normalized spacial score (nSPS) is 29.3.